The molecule has 0 fully saturated rings. The maximum atomic E-state index is 11.3. The quantitative estimate of drug-likeness (QED) is 0.387. The van der Waals surface area contributed by atoms with Crippen LogP contribution in [0.5, 0.6) is 0 Å². The Bertz CT molecular complexity index is 163. The molecule has 2 nitrogen and oxygen atoms in total. The summed E-state index contributed by atoms with van der Waals surface area (Å²) in [4.78, 5) is 0. The molecule has 0 saturated heterocycles. The van der Waals surface area contributed by atoms with Gasteiger partial charge in [0.25, 0.3) is 0 Å². The molecule has 0 spiro atoms. The number of halogens is 1. The van der Waals surface area contributed by atoms with E-state index in [1.165, 1.54) is 0 Å². The van der Waals surface area contributed by atoms with Gasteiger partial charge in [0.15, 0.2) is 5.17 Å². The first-order valence-electron chi connectivity index (χ1n) is 2.58. The molecular formula is C6H9FN2S. The van der Waals surface area contributed by atoms with Crippen LogP contribution in [-0.2, 0) is 0 Å². The van der Waals surface area contributed by atoms with E-state index in [-0.39, 0.29) is 5.17 Å². The van der Waals surface area contributed by atoms with Crippen LogP contribution in [0.25, 0.3) is 0 Å². The van der Waals surface area contributed by atoms with Crippen molar-refractivity contribution < 1.29 is 4.48 Å². The summed E-state index contributed by atoms with van der Waals surface area (Å²) in [5.41, 5.74) is 5.84. The molecule has 0 aromatic carbocycles. The lowest BCUT2D eigenvalue weighted by Crippen LogP contribution is -2.05. The molecule has 2 N–H and O–H groups in total. The Balaban J connectivity index is 3.55. The van der Waals surface area contributed by atoms with E-state index < -0.39 is 0 Å². The van der Waals surface area contributed by atoms with Crippen LogP contribution in [0, 0.1) is 0 Å². The third-order valence-corrected chi connectivity index (χ3v) is 1.66. The van der Waals surface area contributed by atoms with Gasteiger partial charge in [0.1, 0.15) is 0 Å². The van der Waals surface area contributed by atoms with Crippen molar-refractivity contribution in [2.75, 3.05) is 5.75 Å². The molecule has 0 unspecified atom stereocenters. The highest BCUT2D eigenvalue weighted by molar-refractivity contribution is 8.13. The van der Waals surface area contributed by atoms with E-state index in [9.17, 15) is 4.48 Å². The van der Waals surface area contributed by atoms with Crippen LogP contribution in [0.1, 0.15) is 0 Å². The zero-order chi connectivity index (χ0) is 7.98. The summed E-state index contributed by atoms with van der Waals surface area (Å²) in [6, 6.07) is 0. The van der Waals surface area contributed by atoms with Crippen molar-refractivity contribution in [3.63, 3.8) is 0 Å². The second-order valence-corrected chi connectivity index (χ2v) is 2.57. The zero-order valence-corrected chi connectivity index (χ0v) is 6.33. The molecule has 0 aliphatic rings. The van der Waals surface area contributed by atoms with E-state index in [0.717, 1.165) is 17.3 Å². The molecule has 0 atom stereocenters. The van der Waals surface area contributed by atoms with E-state index in [1.54, 1.807) is 6.08 Å². The minimum Gasteiger partial charge on any atom is -0.376 e. The fraction of sp³-hybridized carbons (Fsp3) is 0.167. The average Bonchev–Trinajstić information content (AvgIpc) is 1.99. The van der Waals surface area contributed by atoms with E-state index in [2.05, 4.69) is 18.4 Å². The van der Waals surface area contributed by atoms with Gasteiger partial charge in [-0.3, -0.25) is 0 Å². The van der Waals surface area contributed by atoms with Gasteiger partial charge >= 0.3 is 0 Å². The Labute approximate surface area is 63.6 Å². The summed E-state index contributed by atoms with van der Waals surface area (Å²) >= 11 is 1.09. The number of hydrogen-bond donors (Lipinski definition) is 1. The summed E-state index contributed by atoms with van der Waals surface area (Å²) in [5, 5.41) is 2.20. The number of hydrogen-bond acceptors (Lipinski definition) is 2. The van der Waals surface area contributed by atoms with Gasteiger partial charge in [0, 0.05) is 5.75 Å². The number of nitrogens with zero attached hydrogens (tertiary/aromatic N) is 1. The van der Waals surface area contributed by atoms with Crippen LogP contribution in [-0.4, -0.2) is 10.9 Å². The van der Waals surface area contributed by atoms with E-state index in [0.29, 0.717) is 5.75 Å². The molecule has 0 aliphatic carbocycles. The second-order valence-electron chi connectivity index (χ2n) is 1.57. The second kappa shape index (κ2) is 5.05. The van der Waals surface area contributed by atoms with Crippen LogP contribution in [0.3, 0.4) is 0 Å². The van der Waals surface area contributed by atoms with Gasteiger partial charge in [-0.1, -0.05) is 40.7 Å². The largest absolute Gasteiger partial charge is 0.376 e. The standard InChI is InChI=1S/C6H9FN2S/c1-3-5(2)4-10-6(8)9-7/h3H,1-2,4H2,(H2,8,9). The Kier molecular flexibility index (Phi) is 4.66. The summed E-state index contributed by atoms with van der Waals surface area (Å²) in [5.74, 6) is 0.531. The number of thioether (sulfide) groups is 1. The fourth-order valence-corrected chi connectivity index (χ4v) is 0.750. The zero-order valence-electron chi connectivity index (χ0n) is 5.51. The summed E-state index contributed by atoms with van der Waals surface area (Å²) in [6.45, 7) is 7.08. The van der Waals surface area contributed by atoms with E-state index in [1.807, 2.05) is 0 Å². The third-order valence-electron chi connectivity index (χ3n) is 0.777. The molecule has 0 aliphatic heterocycles. The predicted molar refractivity (Wildman–Crippen MR) is 44.5 cm³/mol. The Morgan fingerprint density at radius 2 is 2.40 bits per heavy atom. The molecular weight excluding hydrogens is 151 g/mol. The monoisotopic (exact) mass is 160 g/mol. The maximum absolute atomic E-state index is 11.3. The SMILES string of the molecule is C=CC(=C)CS/C(N)=N\F. The van der Waals surface area contributed by atoms with Crippen molar-refractivity contribution >= 4 is 16.9 Å². The number of amidine groups is 1. The molecule has 0 bridgehead atoms. The van der Waals surface area contributed by atoms with Crippen LogP contribution in [0.4, 0.5) is 4.48 Å². The fourth-order valence-electron chi connectivity index (χ4n) is 0.250. The number of nitrogens with two attached hydrogens (primary N) is 1. The van der Waals surface area contributed by atoms with Crippen molar-refractivity contribution in [2.24, 2.45) is 10.9 Å². The van der Waals surface area contributed by atoms with Crippen molar-refractivity contribution in [3.8, 4) is 0 Å². The molecule has 0 aromatic rings. The van der Waals surface area contributed by atoms with Crippen LogP contribution >= 0.6 is 11.8 Å². The molecule has 0 rings (SSSR count). The lowest BCUT2D eigenvalue weighted by molar-refractivity contribution is 0.539. The number of allylic oxidation sites excluding steroid dienone is 1. The number of rotatable bonds is 3. The lowest BCUT2D eigenvalue weighted by Gasteiger charge is -1.95. The highest BCUT2D eigenvalue weighted by Crippen LogP contribution is 2.06. The third kappa shape index (κ3) is 4.14. The first-order valence-corrected chi connectivity index (χ1v) is 3.56. The highest BCUT2D eigenvalue weighted by atomic mass is 32.2. The topological polar surface area (TPSA) is 38.4 Å². The molecule has 0 heterocycles. The van der Waals surface area contributed by atoms with Gasteiger partial charge < -0.3 is 5.73 Å². The Morgan fingerprint density at radius 3 is 2.80 bits per heavy atom. The van der Waals surface area contributed by atoms with Gasteiger partial charge in [-0.2, -0.15) is 0 Å². The van der Waals surface area contributed by atoms with E-state index >= 15 is 0 Å². The Morgan fingerprint density at radius 1 is 1.80 bits per heavy atom. The smallest absolute Gasteiger partial charge is 0.191 e. The molecule has 0 amide bonds. The van der Waals surface area contributed by atoms with Crippen molar-refractivity contribution in [3.05, 3.63) is 24.8 Å². The van der Waals surface area contributed by atoms with E-state index in [4.69, 9.17) is 5.73 Å². The predicted octanol–water partition coefficient (Wildman–Crippen LogP) is 1.66. The summed E-state index contributed by atoms with van der Waals surface area (Å²) in [6.07, 6.45) is 1.60. The van der Waals surface area contributed by atoms with Crippen LogP contribution < -0.4 is 5.73 Å². The van der Waals surface area contributed by atoms with Gasteiger partial charge in [0.05, 0.1) is 0 Å². The maximum Gasteiger partial charge on any atom is 0.191 e. The summed E-state index contributed by atoms with van der Waals surface area (Å²) < 4.78 is 11.3. The molecule has 0 radical (unpaired) electrons. The van der Waals surface area contributed by atoms with Gasteiger partial charge in [-0.05, 0) is 5.57 Å². The minimum absolute atomic E-state index is 0.0806. The Hall–Kier alpha value is -0.770. The lowest BCUT2D eigenvalue weighted by atomic mass is 10.4. The minimum atomic E-state index is -0.0806. The molecule has 0 saturated carbocycles. The van der Waals surface area contributed by atoms with Crippen LogP contribution in [0.2, 0.25) is 0 Å². The summed E-state index contributed by atoms with van der Waals surface area (Å²) in [7, 11) is 0. The van der Waals surface area contributed by atoms with Gasteiger partial charge in [-0.15, -0.1) is 0 Å². The molecule has 0 aromatic heterocycles. The first kappa shape index (κ1) is 9.23. The van der Waals surface area contributed by atoms with Gasteiger partial charge in [-0.25, -0.2) is 0 Å². The first-order chi connectivity index (χ1) is 4.70. The van der Waals surface area contributed by atoms with Crippen molar-refractivity contribution in [2.45, 2.75) is 0 Å². The normalized spacial score (nSPS) is 11.1. The van der Waals surface area contributed by atoms with Crippen LogP contribution in [0.15, 0.2) is 30.0 Å². The average molecular weight is 160 g/mol. The highest BCUT2D eigenvalue weighted by Gasteiger charge is 1.93. The molecule has 56 valence electrons. The molecule has 4 heteroatoms. The van der Waals surface area contributed by atoms with Crippen molar-refractivity contribution in [1.29, 1.82) is 0 Å². The van der Waals surface area contributed by atoms with Crippen molar-refractivity contribution in [1.82, 2.24) is 0 Å². The molecule has 10 heavy (non-hydrogen) atoms. The van der Waals surface area contributed by atoms with Gasteiger partial charge in [0.2, 0.25) is 0 Å².